The third kappa shape index (κ3) is 1.96. The van der Waals surface area contributed by atoms with Gasteiger partial charge in [-0.1, -0.05) is 12.1 Å². The molecule has 3 heterocycles. The number of urea groups is 1. The van der Waals surface area contributed by atoms with Crippen LogP contribution in [0.5, 0.6) is 5.75 Å². The molecule has 0 N–H and O–H groups in total. The van der Waals surface area contributed by atoms with Crippen LogP contribution in [-0.4, -0.2) is 40.9 Å². The first-order valence-electron chi connectivity index (χ1n) is 7.73. The molecule has 6 heteroatoms. The normalized spacial score (nSPS) is 27.5. The van der Waals surface area contributed by atoms with Gasteiger partial charge in [-0.2, -0.15) is 0 Å². The molecule has 0 radical (unpaired) electrons. The zero-order chi connectivity index (χ0) is 15.3. The average molecular weight is 365 g/mol. The number of hydrogen-bond acceptors (Lipinski definition) is 3. The maximum atomic E-state index is 12.8. The van der Waals surface area contributed by atoms with E-state index in [9.17, 15) is 9.59 Å². The molecule has 2 fully saturated rings. The summed E-state index contributed by atoms with van der Waals surface area (Å²) in [5.74, 6) is 0.715. The Labute approximate surface area is 137 Å². The van der Waals surface area contributed by atoms with Crippen molar-refractivity contribution in [3.05, 3.63) is 28.2 Å². The minimum absolute atomic E-state index is 0.0393. The zero-order valence-corrected chi connectivity index (χ0v) is 13.7. The number of piperidine rings is 1. The number of halogens is 1. The molecule has 1 aromatic rings. The van der Waals surface area contributed by atoms with Gasteiger partial charge < -0.3 is 9.64 Å². The molecule has 3 aliphatic rings. The summed E-state index contributed by atoms with van der Waals surface area (Å²) < 4.78 is 6.59. The lowest BCUT2D eigenvalue weighted by molar-refractivity contribution is -0.130. The Morgan fingerprint density at radius 2 is 2.00 bits per heavy atom. The van der Waals surface area contributed by atoms with Crippen LogP contribution in [0.25, 0.3) is 0 Å². The SMILES string of the molecule is O=C1[C@H]2CCCCN2C(=O)N1[C@@H]1CCOc2c(Br)cccc21. The summed E-state index contributed by atoms with van der Waals surface area (Å²) in [7, 11) is 0. The summed E-state index contributed by atoms with van der Waals surface area (Å²) in [4.78, 5) is 28.7. The number of benzene rings is 1. The molecule has 22 heavy (non-hydrogen) atoms. The highest BCUT2D eigenvalue weighted by atomic mass is 79.9. The number of ether oxygens (including phenoxy) is 1. The minimum atomic E-state index is -0.250. The fourth-order valence-corrected chi connectivity index (χ4v) is 4.23. The van der Waals surface area contributed by atoms with Crippen molar-refractivity contribution in [3.8, 4) is 5.75 Å². The molecular formula is C16H17BrN2O3. The average Bonchev–Trinajstić information content (AvgIpc) is 2.80. The van der Waals surface area contributed by atoms with Gasteiger partial charge in [-0.3, -0.25) is 9.69 Å². The van der Waals surface area contributed by atoms with Crippen LogP contribution in [0.1, 0.15) is 37.3 Å². The van der Waals surface area contributed by atoms with Crippen LogP contribution in [0.15, 0.2) is 22.7 Å². The molecule has 3 amide bonds. The lowest BCUT2D eigenvalue weighted by Gasteiger charge is -2.32. The van der Waals surface area contributed by atoms with Gasteiger partial charge in [-0.15, -0.1) is 0 Å². The van der Waals surface area contributed by atoms with Crippen molar-refractivity contribution < 1.29 is 14.3 Å². The van der Waals surface area contributed by atoms with E-state index in [1.165, 1.54) is 4.90 Å². The molecule has 116 valence electrons. The number of fused-ring (bicyclic) bond motifs is 2. The number of para-hydroxylation sites is 1. The highest BCUT2D eigenvalue weighted by Crippen LogP contribution is 2.43. The van der Waals surface area contributed by atoms with Gasteiger partial charge in [0.1, 0.15) is 11.8 Å². The van der Waals surface area contributed by atoms with Gasteiger partial charge in [0, 0.05) is 18.5 Å². The first-order valence-corrected chi connectivity index (χ1v) is 8.52. The number of carbonyl (C=O) groups is 2. The van der Waals surface area contributed by atoms with Gasteiger partial charge in [-0.25, -0.2) is 4.79 Å². The molecule has 0 unspecified atom stereocenters. The van der Waals surface area contributed by atoms with Crippen molar-refractivity contribution in [2.75, 3.05) is 13.2 Å². The maximum absolute atomic E-state index is 12.8. The molecule has 0 aromatic heterocycles. The monoisotopic (exact) mass is 364 g/mol. The van der Waals surface area contributed by atoms with Crippen molar-refractivity contribution in [1.82, 2.24) is 9.80 Å². The number of nitrogens with zero attached hydrogens (tertiary/aromatic N) is 2. The Bertz CT molecular complexity index is 624. The standard InChI is InChI=1S/C16H17BrN2O3/c17-11-5-3-4-10-12(7-9-22-14(10)11)19-15(20)13-6-1-2-8-18(13)16(19)21/h3-5,12-13H,1-2,6-9H2/t12-,13-/m1/s1. The highest BCUT2D eigenvalue weighted by molar-refractivity contribution is 9.10. The quantitative estimate of drug-likeness (QED) is 0.719. The second kappa shape index (κ2) is 5.26. The van der Waals surface area contributed by atoms with Crippen molar-refractivity contribution in [2.45, 2.75) is 37.8 Å². The molecule has 0 spiro atoms. The summed E-state index contributed by atoms with van der Waals surface area (Å²) in [6.07, 6.45) is 3.44. The Balaban J connectivity index is 1.73. The van der Waals surface area contributed by atoms with Crippen LogP contribution < -0.4 is 4.74 Å². The molecule has 2 saturated heterocycles. The number of rotatable bonds is 1. The summed E-state index contributed by atoms with van der Waals surface area (Å²) >= 11 is 3.49. The minimum Gasteiger partial charge on any atom is -0.492 e. The summed E-state index contributed by atoms with van der Waals surface area (Å²) in [6.45, 7) is 1.21. The zero-order valence-electron chi connectivity index (χ0n) is 12.1. The number of hydrogen-bond donors (Lipinski definition) is 0. The van der Waals surface area contributed by atoms with Gasteiger partial charge in [-0.05, 0) is 41.3 Å². The van der Waals surface area contributed by atoms with Crippen LogP contribution in [0.4, 0.5) is 4.79 Å². The molecular weight excluding hydrogens is 348 g/mol. The number of imide groups is 1. The predicted octanol–water partition coefficient (Wildman–Crippen LogP) is 3.09. The van der Waals surface area contributed by atoms with E-state index >= 15 is 0 Å². The fourth-order valence-electron chi connectivity index (χ4n) is 3.73. The maximum Gasteiger partial charge on any atom is 0.328 e. The van der Waals surface area contributed by atoms with Crippen LogP contribution in [0.3, 0.4) is 0 Å². The topological polar surface area (TPSA) is 49.9 Å². The first-order chi connectivity index (χ1) is 10.7. The Morgan fingerprint density at radius 1 is 1.14 bits per heavy atom. The van der Waals surface area contributed by atoms with Crippen LogP contribution in [0, 0.1) is 0 Å². The van der Waals surface area contributed by atoms with Gasteiger partial charge in [0.05, 0.1) is 17.1 Å². The Hall–Kier alpha value is -1.56. The van der Waals surface area contributed by atoms with E-state index in [1.807, 2.05) is 18.2 Å². The van der Waals surface area contributed by atoms with E-state index in [0.717, 1.165) is 35.0 Å². The number of amides is 3. The third-order valence-electron chi connectivity index (χ3n) is 4.78. The van der Waals surface area contributed by atoms with Gasteiger partial charge in [0.15, 0.2) is 0 Å². The molecule has 3 aliphatic heterocycles. The van der Waals surface area contributed by atoms with Gasteiger partial charge >= 0.3 is 6.03 Å². The third-order valence-corrected chi connectivity index (χ3v) is 5.41. The summed E-state index contributed by atoms with van der Waals surface area (Å²) in [6, 6.07) is 5.18. The van der Waals surface area contributed by atoms with E-state index in [0.29, 0.717) is 19.6 Å². The second-order valence-corrected chi connectivity index (χ2v) is 6.86. The molecule has 5 nitrogen and oxygen atoms in total. The van der Waals surface area contributed by atoms with E-state index in [4.69, 9.17) is 4.74 Å². The van der Waals surface area contributed by atoms with Crippen LogP contribution in [-0.2, 0) is 4.79 Å². The fraction of sp³-hybridized carbons (Fsp3) is 0.500. The lowest BCUT2D eigenvalue weighted by atomic mass is 9.98. The van der Waals surface area contributed by atoms with E-state index in [2.05, 4.69) is 15.9 Å². The Kier molecular flexibility index (Phi) is 3.36. The largest absolute Gasteiger partial charge is 0.492 e. The van der Waals surface area contributed by atoms with E-state index in [1.54, 1.807) is 4.90 Å². The van der Waals surface area contributed by atoms with E-state index < -0.39 is 0 Å². The van der Waals surface area contributed by atoms with Crippen LogP contribution >= 0.6 is 15.9 Å². The first kappa shape index (κ1) is 14.1. The molecule has 4 rings (SSSR count). The molecule has 2 atom stereocenters. The molecule has 1 aromatic carbocycles. The highest BCUT2D eigenvalue weighted by Gasteiger charge is 2.49. The summed E-state index contributed by atoms with van der Waals surface area (Å²) in [5.41, 5.74) is 0.919. The smallest absolute Gasteiger partial charge is 0.328 e. The molecule has 0 bridgehead atoms. The van der Waals surface area contributed by atoms with Crippen molar-refractivity contribution >= 4 is 27.9 Å². The van der Waals surface area contributed by atoms with Crippen molar-refractivity contribution in [1.29, 1.82) is 0 Å². The predicted molar refractivity (Wildman–Crippen MR) is 83.6 cm³/mol. The van der Waals surface area contributed by atoms with Crippen molar-refractivity contribution in [3.63, 3.8) is 0 Å². The number of carbonyl (C=O) groups excluding carboxylic acids is 2. The van der Waals surface area contributed by atoms with Gasteiger partial charge in [0.25, 0.3) is 5.91 Å². The molecule has 0 saturated carbocycles. The van der Waals surface area contributed by atoms with Crippen molar-refractivity contribution in [2.24, 2.45) is 0 Å². The lowest BCUT2D eigenvalue weighted by Crippen LogP contribution is -2.39. The summed E-state index contributed by atoms with van der Waals surface area (Å²) in [5, 5.41) is 0. The second-order valence-electron chi connectivity index (χ2n) is 6.01. The van der Waals surface area contributed by atoms with Crippen LogP contribution in [0.2, 0.25) is 0 Å². The molecule has 0 aliphatic carbocycles. The Morgan fingerprint density at radius 3 is 2.82 bits per heavy atom. The van der Waals surface area contributed by atoms with E-state index in [-0.39, 0.29) is 24.0 Å². The van der Waals surface area contributed by atoms with Gasteiger partial charge in [0.2, 0.25) is 0 Å².